The van der Waals surface area contributed by atoms with Crippen molar-refractivity contribution < 1.29 is 9.90 Å². The van der Waals surface area contributed by atoms with Crippen LogP contribution < -0.4 is 11.1 Å². The molecule has 2 aromatic rings. The van der Waals surface area contributed by atoms with Gasteiger partial charge >= 0.3 is 0 Å². The normalized spacial score (nSPS) is 12.3. The van der Waals surface area contributed by atoms with Crippen molar-refractivity contribution in [1.82, 2.24) is 5.32 Å². The Morgan fingerprint density at radius 2 is 2.05 bits per heavy atom. The van der Waals surface area contributed by atoms with Gasteiger partial charge < -0.3 is 16.2 Å². The van der Waals surface area contributed by atoms with Gasteiger partial charge in [0, 0.05) is 39.0 Å². The van der Waals surface area contributed by atoms with Crippen LogP contribution in [-0.4, -0.2) is 17.6 Å². The lowest BCUT2D eigenvalue weighted by molar-refractivity contribution is 0.100. The van der Waals surface area contributed by atoms with Gasteiger partial charge in [-0.05, 0) is 18.2 Å². The molecule has 1 aromatic heterocycles. The van der Waals surface area contributed by atoms with Crippen LogP contribution in [0.5, 0.6) is 0 Å². The quantitative estimate of drug-likeness (QED) is 0.753. The molecule has 2 rings (SSSR count). The van der Waals surface area contributed by atoms with Gasteiger partial charge in [-0.2, -0.15) is 0 Å². The first-order chi connectivity index (χ1) is 9.99. The number of hydrogen-bond acceptors (Lipinski definition) is 4. The van der Waals surface area contributed by atoms with E-state index in [9.17, 15) is 9.90 Å². The average Bonchev–Trinajstić information content (AvgIpc) is 2.87. The Morgan fingerprint density at radius 3 is 2.62 bits per heavy atom. The average molecular weight is 345 g/mol. The molecular weight excluding hydrogens is 331 g/mol. The molecule has 0 spiro atoms. The molecule has 4 nitrogen and oxygen atoms in total. The molecule has 0 bridgehead atoms. The minimum atomic E-state index is -0.804. The Hall–Kier alpha value is -1.11. The Bertz CT molecular complexity index is 625. The second kappa shape index (κ2) is 7.24. The van der Waals surface area contributed by atoms with Gasteiger partial charge in [-0.25, -0.2) is 0 Å². The highest BCUT2D eigenvalue weighted by molar-refractivity contribution is 7.10. The monoisotopic (exact) mass is 344 g/mol. The Balaban J connectivity index is 1.92. The molecule has 1 heterocycles. The number of rotatable bonds is 6. The molecule has 0 fully saturated rings. The van der Waals surface area contributed by atoms with E-state index in [4.69, 9.17) is 28.9 Å². The number of carbonyl (C=O) groups is 1. The number of aliphatic hydroxyl groups excluding tert-OH is 1. The largest absolute Gasteiger partial charge is 0.387 e. The summed E-state index contributed by atoms with van der Waals surface area (Å²) in [5.41, 5.74) is 6.19. The molecule has 4 N–H and O–H groups in total. The number of nitrogens with two attached hydrogens (primary N) is 1. The van der Waals surface area contributed by atoms with Crippen molar-refractivity contribution in [2.24, 2.45) is 5.73 Å². The number of thiophene rings is 1. The van der Waals surface area contributed by atoms with Crippen LogP contribution in [0.15, 0.2) is 29.6 Å². The van der Waals surface area contributed by atoms with Crippen LogP contribution in [0.2, 0.25) is 10.0 Å². The van der Waals surface area contributed by atoms with E-state index in [1.165, 1.54) is 11.3 Å². The van der Waals surface area contributed by atoms with Crippen molar-refractivity contribution in [3.63, 3.8) is 0 Å². The molecular formula is C14H14Cl2N2O2S. The van der Waals surface area contributed by atoms with Crippen molar-refractivity contribution in [2.75, 3.05) is 6.54 Å². The minimum absolute atomic E-state index is 0.299. The van der Waals surface area contributed by atoms with Crippen molar-refractivity contribution in [2.45, 2.75) is 12.6 Å². The Kier molecular flexibility index (Phi) is 5.61. The number of amides is 1. The third kappa shape index (κ3) is 4.18. The predicted molar refractivity (Wildman–Crippen MR) is 86.0 cm³/mol. The number of aliphatic hydroxyl groups is 1. The standard InChI is InChI=1S/C14H14Cl2N2O2S/c15-10-2-1-3-11(16)13(10)12(19)6-18-5-9-4-8(7-21-9)14(17)20/h1-4,7,12,18-19H,5-6H2,(H2,17,20). The van der Waals surface area contributed by atoms with Gasteiger partial charge in [0.05, 0.1) is 11.7 Å². The number of halogens is 2. The van der Waals surface area contributed by atoms with Crippen molar-refractivity contribution in [1.29, 1.82) is 0 Å². The second-order valence-electron chi connectivity index (χ2n) is 4.45. The first kappa shape index (κ1) is 16.3. The van der Waals surface area contributed by atoms with Gasteiger partial charge in [0.25, 0.3) is 0 Å². The summed E-state index contributed by atoms with van der Waals surface area (Å²) in [6.07, 6.45) is -0.804. The zero-order valence-corrected chi connectivity index (χ0v) is 13.3. The summed E-state index contributed by atoms with van der Waals surface area (Å²) in [7, 11) is 0. The van der Waals surface area contributed by atoms with E-state index in [0.29, 0.717) is 34.3 Å². The number of primary amides is 1. The lowest BCUT2D eigenvalue weighted by atomic mass is 10.1. The van der Waals surface area contributed by atoms with Crippen LogP contribution in [0.4, 0.5) is 0 Å². The molecule has 0 saturated heterocycles. The lowest BCUT2D eigenvalue weighted by Crippen LogP contribution is -2.21. The number of carbonyl (C=O) groups excluding carboxylic acids is 1. The van der Waals surface area contributed by atoms with Crippen LogP contribution in [0, 0.1) is 0 Å². The summed E-state index contributed by atoms with van der Waals surface area (Å²) in [6.45, 7) is 0.824. The topological polar surface area (TPSA) is 75.4 Å². The molecule has 21 heavy (non-hydrogen) atoms. The summed E-state index contributed by atoms with van der Waals surface area (Å²) in [6, 6.07) is 6.83. The maximum absolute atomic E-state index is 11.0. The SMILES string of the molecule is NC(=O)c1csc(CNCC(O)c2c(Cl)cccc2Cl)c1. The zero-order chi connectivity index (χ0) is 15.4. The number of nitrogens with one attached hydrogen (secondary N) is 1. The zero-order valence-electron chi connectivity index (χ0n) is 11.0. The smallest absolute Gasteiger partial charge is 0.249 e. The fourth-order valence-corrected chi connectivity index (χ4v) is 3.36. The molecule has 0 aliphatic heterocycles. The van der Waals surface area contributed by atoms with Gasteiger partial charge in [0.1, 0.15) is 0 Å². The van der Waals surface area contributed by atoms with Gasteiger partial charge in [-0.1, -0.05) is 29.3 Å². The van der Waals surface area contributed by atoms with Crippen LogP contribution in [0.1, 0.15) is 26.9 Å². The summed E-state index contributed by atoms with van der Waals surface area (Å²) < 4.78 is 0. The highest BCUT2D eigenvalue weighted by atomic mass is 35.5. The molecule has 1 atom stereocenters. The van der Waals surface area contributed by atoms with Gasteiger partial charge in [-0.15, -0.1) is 11.3 Å². The van der Waals surface area contributed by atoms with E-state index in [0.717, 1.165) is 4.88 Å². The summed E-state index contributed by atoms with van der Waals surface area (Å²) >= 11 is 13.5. The molecule has 1 aromatic carbocycles. The maximum Gasteiger partial charge on any atom is 0.249 e. The fourth-order valence-electron chi connectivity index (χ4n) is 1.87. The lowest BCUT2D eigenvalue weighted by Gasteiger charge is -2.14. The molecule has 1 amide bonds. The van der Waals surface area contributed by atoms with E-state index in [2.05, 4.69) is 5.32 Å². The van der Waals surface area contributed by atoms with E-state index in [-0.39, 0.29) is 0 Å². The first-order valence-electron chi connectivity index (χ1n) is 6.19. The summed E-state index contributed by atoms with van der Waals surface area (Å²) in [5.74, 6) is -0.444. The summed E-state index contributed by atoms with van der Waals surface area (Å²) in [5, 5.41) is 15.8. The van der Waals surface area contributed by atoms with Gasteiger partial charge in [-0.3, -0.25) is 4.79 Å². The van der Waals surface area contributed by atoms with Crippen LogP contribution >= 0.6 is 34.5 Å². The first-order valence-corrected chi connectivity index (χ1v) is 7.82. The maximum atomic E-state index is 11.0. The molecule has 0 aliphatic carbocycles. The van der Waals surface area contributed by atoms with Crippen molar-refractivity contribution in [3.05, 3.63) is 55.7 Å². The van der Waals surface area contributed by atoms with Crippen LogP contribution in [0.25, 0.3) is 0 Å². The number of benzene rings is 1. The van der Waals surface area contributed by atoms with Crippen molar-refractivity contribution in [3.8, 4) is 0 Å². The highest BCUT2D eigenvalue weighted by Gasteiger charge is 2.15. The molecule has 112 valence electrons. The molecule has 1 unspecified atom stereocenters. The van der Waals surface area contributed by atoms with E-state index in [1.54, 1.807) is 29.6 Å². The molecule has 0 radical (unpaired) electrons. The van der Waals surface area contributed by atoms with E-state index < -0.39 is 12.0 Å². The molecule has 0 saturated carbocycles. The van der Waals surface area contributed by atoms with E-state index >= 15 is 0 Å². The van der Waals surface area contributed by atoms with Gasteiger partial charge in [0.2, 0.25) is 5.91 Å². The summed E-state index contributed by atoms with van der Waals surface area (Å²) in [4.78, 5) is 12.0. The minimum Gasteiger partial charge on any atom is -0.387 e. The van der Waals surface area contributed by atoms with E-state index in [1.807, 2.05) is 0 Å². The third-order valence-electron chi connectivity index (χ3n) is 2.91. The highest BCUT2D eigenvalue weighted by Crippen LogP contribution is 2.29. The second-order valence-corrected chi connectivity index (χ2v) is 6.26. The van der Waals surface area contributed by atoms with Crippen LogP contribution in [-0.2, 0) is 6.54 Å². The Labute approximate surface area is 136 Å². The molecule has 7 heteroatoms. The Morgan fingerprint density at radius 1 is 1.38 bits per heavy atom. The fraction of sp³-hybridized carbons (Fsp3) is 0.214. The number of hydrogen-bond donors (Lipinski definition) is 3. The van der Waals surface area contributed by atoms with Crippen molar-refractivity contribution >= 4 is 40.4 Å². The van der Waals surface area contributed by atoms with Gasteiger partial charge in [0.15, 0.2) is 0 Å². The predicted octanol–water partition coefficient (Wildman–Crippen LogP) is 2.98. The third-order valence-corrected chi connectivity index (χ3v) is 4.50. The molecule has 0 aliphatic rings. The van der Waals surface area contributed by atoms with Crippen LogP contribution in [0.3, 0.4) is 0 Å².